The number of halogens is 1. The van der Waals surface area contributed by atoms with Crippen molar-refractivity contribution in [1.82, 2.24) is 4.31 Å². The molecule has 0 bridgehead atoms. The summed E-state index contributed by atoms with van der Waals surface area (Å²) in [5.74, 6) is 0.654. The molecule has 0 radical (unpaired) electrons. The molecule has 17 heavy (non-hydrogen) atoms. The van der Waals surface area contributed by atoms with Gasteiger partial charge in [-0.15, -0.1) is 11.6 Å². The van der Waals surface area contributed by atoms with Gasteiger partial charge < -0.3 is 4.42 Å². The molecule has 1 aliphatic rings. The van der Waals surface area contributed by atoms with Crippen LogP contribution in [0.1, 0.15) is 32.4 Å². The molecule has 0 saturated carbocycles. The number of alkyl halides is 1. The van der Waals surface area contributed by atoms with E-state index < -0.39 is 10.0 Å². The molecule has 6 heteroatoms. The minimum Gasteiger partial charge on any atom is -0.447 e. The first-order valence-electron chi connectivity index (χ1n) is 5.55. The van der Waals surface area contributed by atoms with Gasteiger partial charge in [0.25, 0.3) is 10.0 Å². The zero-order chi connectivity index (χ0) is 12.7. The Morgan fingerprint density at radius 3 is 2.65 bits per heavy atom. The third-order valence-electron chi connectivity index (χ3n) is 3.14. The molecule has 0 aromatic carbocycles. The maximum absolute atomic E-state index is 12.4. The Kier molecular flexibility index (Phi) is 3.27. The second kappa shape index (κ2) is 4.30. The summed E-state index contributed by atoms with van der Waals surface area (Å²) in [6.45, 7) is 4.41. The molecule has 0 unspecified atom stereocenters. The van der Waals surface area contributed by atoms with Gasteiger partial charge in [-0.1, -0.05) is 0 Å². The summed E-state index contributed by atoms with van der Waals surface area (Å²) in [6.07, 6.45) is 1.75. The molecular formula is C11H16ClNO3S. The van der Waals surface area contributed by atoms with Crippen molar-refractivity contribution in [2.24, 2.45) is 0 Å². The van der Waals surface area contributed by atoms with Gasteiger partial charge in [-0.3, -0.25) is 0 Å². The van der Waals surface area contributed by atoms with Gasteiger partial charge in [0.2, 0.25) is 5.09 Å². The highest BCUT2D eigenvalue weighted by molar-refractivity contribution is 7.89. The maximum Gasteiger partial charge on any atom is 0.276 e. The van der Waals surface area contributed by atoms with E-state index in [0.29, 0.717) is 12.3 Å². The normalized spacial score (nSPS) is 20.9. The standard InChI is InChI=1S/C11H16ClNO3S/c1-11(2)6-3-7-13(11)17(14,15)10-5-4-9(8-12)16-10/h4-5H,3,6-8H2,1-2H3. The Morgan fingerprint density at radius 1 is 1.47 bits per heavy atom. The Bertz CT molecular complexity index is 507. The molecule has 1 aromatic heterocycles. The largest absolute Gasteiger partial charge is 0.447 e. The van der Waals surface area contributed by atoms with Gasteiger partial charge in [-0.2, -0.15) is 4.31 Å². The van der Waals surface area contributed by atoms with E-state index in [9.17, 15) is 8.42 Å². The first kappa shape index (κ1) is 12.9. The molecule has 96 valence electrons. The van der Waals surface area contributed by atoms with Crippen molar-refractivity contribution < 1.29 is 12.8 Å². The fourth-order valence-corrected chi connectivity index (χ4v) is 4.13. The van der Waals surface area contributed by atoms with Crippen molar-refractivity contribution in [1.29, 1.82) is 0 Å². The van der Waals surface area contributed by atoms with Crippen molar-refractivity contribution in [3.8, 4) is 0 Å². The smallest absolute Gasteiger partial charge is 0.276 e. The highest BCUT2D eigenvalue weighted by atomic mass is 35.5. The van der Waals surface area contributed by atoms with E-state index in [1.54, 1.807) is 6.07 Å². The van der Waals surface area contributed by atoms with Crippen LogP contribution in [0.4, 0.5) is 0 Å². The molecule has 0 aliphatic carbocycles. The quantitative estimate of drug-likeness (QED) is 0.798. The van der Waals surface area contributed by atoms with Gasteiger partial charge in [0, 0.05) is 12.1 Å². The first-order chi connectivity index (χ1) is 7.88. The minimum atomic E-state index is -3.53. The lowest BCUT2D eigenvalue weighted by atomic mass is 10.0. The van der Waals surface area contributed by atoms with Gasteiger partial charge >= 0.3 is 0 Å². The van der Waals surface area contributed by atoms with Crippen molar-refractivity contribution in [3.63, 3.8) is 0 Å². The summed E-state index contributed by atoms with van der Waals surface area (Å²) in [5, 5.41) is -0.0110. The van der Waals surface area contributed by atoms with E-state index in [1.807, 2.05) is 13.8 Å². The number of sulfonamides is 1. The summed E-state index contributed by atoms with van der Waals surface area (Å²) in [4.78, 5) is 0. The van der Waals surface area contributed by atoms with Crippen LogP contribution in [0.3, 0.4) is 0 Å². The fraction of sp³-hybridized carbons (Fsp3) is 0.636. The molecule has 1 fully saturated rings. The van der Waals surface area contributed by atoms with Crippen LogP contribution in [0.5, 0.6) is 0 Å². The average Bonchev–Trinajstić information content (AvgIpc) is 2.83. The molecule has 1 saturated heterocycles. The van der Waals surface area contributed by atoms with Gasteiger partial charge in [0.15, 0.2) is 0 Å². The Labute approximate surface area is 107 Å². The Hall–Kier alpha value is -0.520. The van der Waals surface area contributed by atoms with Gasteiger partial charge in [-0.05, 0) is 38.8 Å². The Morgan fingerprint density at radius 2 is 2.18 bits per heavy atom. The molecule has 1 aromatic rings. The Balaban J connectivity index is 2.36. The van der Waals surface area contributed by atoms with E-state index in [0.717, 1.165) is 12.8 Å². The number of nitrogens with zero attached hydrogens (tertiary/aromatic N) is 1. The van der Waals surface area contributed by atoms with Gasteiger partial charge in [0.1, 0.15) is 5.76 Å². The average molecular weight is 278 g/mol. The molecule has 2 rings (SSSR count). The van der Waals surface area contributed by atoms with Crippen molar-refractivity contribution >= 4 is 21.6 Å². The van der Waals surface area contributed by atoms with Gasteiger partial charge in [-0.25, -0.2) is 8.42 Å². The van der Waals surface area contributed by atoms with Crippen LogP contribution >= 0.6 is 11.6 Å². The summed E-state index contributed by atoms with van der Waals surface area (Å²) in [6, 6.07) is 3.07. The van der Waals surface area contributed by atoms with E-state index >= 15 is 0 Å². The monoisotopic (exact) mass is 277 g/mol. The van der Waals surface area contributed by atoms with Crippen molar-refractivity contribution in [2.75, 3.05) is 6.54 Å². The van der Waals surface area contributed by atoms with Crippen LogP contribution in [0.2, 0.25) is 0 Å². The summed E-state index contributed by atoms with van der Waals surface area (Å²) in [5.41, 5.74) is -0.341. The molecule has 0 amide bonds. The topological polar surface area (TPSA) is 50.5 Å². The predicted octanol–water partition coefficient (Wildman–Crippen LogP) is 2.58. The van der Waals surface area contributed by atoms with Crippen LogP contribution < -0.4 is 0 Å². The maximum atomic E-state index is 12.4. The van der Waals surface area contributed by atoms with Gasteiger partial charge in [0.05, 0.1) is 5.88 Å². The summed E-state index contributed by atoms with van der Waals surface area (Å²) < 4.78 is 31.5. The molecular weight excluding hydrogens is 262 g/mol. The summed E-state index contributed by atoms with van der Waals surface area (Å²) in [7, 11) is -3.53. The third-order valence-corrected chi connectivity index (χ3v) is 5.39. The number of furan rings is 1. The molecule has 0 N–H and O–H groups in total. The molecule has 4 nitrogen and oxygen atoms in total. The van der Waals surface area contributed by atoms with E-state index in [-0.39, 0.29) is 16.5 Å². The second-order valence-electron chi connectivity index (χ2n) is 4.85. The van der Waals surface area contributed by atoms with Crippen molar-refractivity contribution in [3.05, 3.63) is 17.9 Å². The molecule has 0 spiro atoms. The highest BCUT2D eigenvalue weighted by Crippen LogP contribution is 2.34. The number of rotatable bonds is 3. The van der Waals surface area contributed by atoms with Crippen LogP contribution in [0.25, 0.3) is 0 Å². The summed E-state index contributed by atoms with van der Waals surface area (Å²) >= 11 is 5.60. The van der Waals surface area contributed by atoms with Crippen LogP contribution in [0.15, 0.2) is 21.6 Å². The minimum absolute atomic E-state index is 0.0110. The van der Waals surface area contributed by atoms with E-state index in [2.05, 4.69) is 0 Å². The number of hydrogen-bond donors (Lipinski definition) is 0. The lowest BCUT2D eigenvalue weighted by Gasteiger charge is -2.29. The second-order valence-corrected chi connectivity index (χ2v) is 6.91. The highest BCUT2D eigenvalue weighted by Gasteiger charge is 2.42. The zero-order valence-corrected chi connectivity index (χ0v) is 11.5. The van der Waals surface area contributed by atoms with E-state index in [1.165, 1.54) is 10.4 Å². The van der Waals surface area contributed by atoms with E-state index in [4.69, 9.17) is 16.0 Å². The molecule has 1 aliphatic heterocycles. The molecule has 2 heterocycles. The van der Waals surface area contributed by atoms with Crippen molar-refractivity contribution in [2.45, 2.75) is 43.2 Å². The molecule has 0 atom stereocenters. The predicted molar refractivity (Wildman–Crippen MR) is 65.5 cm³/mol. The SMILES string of the molecule is CC1(C)CCCN1S(=O)(=O)c1ccc(CCl)o1. The first-order valence-corrected chi connectivity index (χ1v) is 7.53. The fourth-order valence-electron chi connectivity index (χ4n) is 2.21. The lowest BCUT2D eigenvalue weighted by molar-refractivity contribution is 0.281. The van der Waals surface area contributed by atoms with Crippen LogP contribution in [-0.2, 0) is 15.9 Å². The van der Waals surface area contributed by atoms with Crippen LogP contribution in [-0.4, -0.2) is 24.8 Å². The number of hydrogen-bond acceptors (Lipinski definition) is 3. The lowest BCUT2D eigenvalue weighted by Crippen LogP contribution is -2.42. The zero-order valence-electron chi connectivity index (χ0n) is 9.94. The third kappa shape index (κ3) is 2.23. The van der Waals surface area contributed by atoms with Crippen LogP contribution in [0, 0.1) is 0 Å².